The summed E-state index contributed by atoms with van der Waals surface area (Å²) in [7, 11) is 3.58. The summed E-state index contributed by atoms with van der Waals surface area (Å²) in [6.45, 7) is 2.34. The number of imidazole rings is 1. The Bertz CT molecular complexity index is 578. The van der Waals surface area contributed by atoms with Crippen molar-refractivity contribution in [2.45, 2.75) is 13.5 Å². The average molecular weight is 266 g/mol. The Morgan fingerprint density at radius 2 is 2.17 bits per heavy atom. The first-order chi connectivity index (χ1) is 8.58. The van der Waals surface area contributed by atoms with Crippen LogP contribution in [0.25, 0.3) is 11.3 Å². The van der Waals surface area contributed by atoms with Crippen LogP contribution in [-0.2, 0) is 13.6 Å². The maximum Gasteiger partial charge on any atom is 0.131 e. The van der Waals surface area contributed by atoms with Gasteiger partial charge >= 0.3 is 0 Å². The van der Waals surface area contributed by atoms with Gasteiger partial charge in [0.05, 0.1) is 24.8 Å². The van der Waals surface area contributed by atoms with Crippen LogP contribution in [-0.4, -0.2) is 16.7 Å². The molecule has 1 heterocycles. The van der Waals surface area contributed by atoms with E-state index in [-0.39, 0.29) is 0 Å². The number of benzene rings is 1. The molecule has 1 aromatic carbocycles. The third-order valence-electron chi connectivity index (χ3n) is 2.90. The highest BCUT2D eigenvalue weighted by atomic mass is 35.5. The van der Waals surface area contributed by atoms with E-state index in [0.29, 0.717) is 11.6 Å². The predicted octanol–water partition coefficient (Wildman–Crippen LogP) is 2.52. The third-order valence-corrected chi connectivity index (χ3v) is 3.12. The van der Waals surface area contributed by atoms with Gasteiger partial charge in [0.1, 0.15) is 5.75 Å². The number of hydrogen-bond acceptors (Lipinski definition) is 3. The second kappa shape index (κ2) is 5.00. The van der Waals surface area contributed by atoms with Crippen LogP contribution in [0.4, 0.5) is 0 Å². The smallest absolute Gasteiger partial charge is 0.131 e. The first-order valence-electron chi connectivity index (χ1n) is 5.63. The van der Waals surface area contributed by atoms with E-state index >= 15 is 0 Å². The first kappa shape index (κ1) is 12.9. The van der Waals surface area contributed by atoms with Crippen LogP contribution < -0.4 is 10.5 Å². The first-order valence-corrected chi connectivity index (χ1v) is 6.01. The Kier molecular flexibility index (Phi) is 3.59. The molecule has 0 unspecified atom stereocenters. The van der Waals surface area contributed by atoms with Gasteiger partial charge in [-0.2, -0.15) is 0 Å². The molecule has 0 spiro atoms. The second-order valence-electron chi connectivity index (χ2n) is 4.16. The van der Waals surface area contributed by atoms with E-state index in [0.717, 1.165) is 28.3 Å². The van der Waals surface area contributed by atoms with Crippen LogP contribution in [0.1, 0.15) is 11.3 Å². The maximum atomic E-state index is 6.13. The molecular weight excluding hydrogens is 250 g/mol. The van der Waals surface area contributed by atoms with E-state index in [1.807, 2.05) is 30.7 Å². The van der Waals surface area contributed by atoms with Gasteiger partial charge in [0, 0.05) is 24.2 Å². The molecule has 2 rings (SSSR count). The molecular formula is C13H16ClN3O. The molecule has 0 bridgehead atoms. The summed E-state index contributed by atoms with van der Waals surface area (Å²) in [5.74, 6) is 0.803. The lowest BCUT2D eigenvalue weighted by atomic mass is 10.0. The lowest BCUT2D eigenvalue weighted by Gasteiger charge is -2.13. The van der Waals surface area contributed by atoms with Crippen molar-refractivity contribution in [1.29, 1.82) is 0 Å². The van der Waals surface area contributed by atoms with Gasteiger partial charge in [-0.1, -0.05) is 11.6 Å². The van der Waals surface area contributed by atoms with Crippen LogP contribution in [0.5, 0.6) is 5.75 Å². The lowest BCUT2D eigenvalue weighted by molar-refractivity contribution is 0.413. The number of rotatable bonds is 3. The Morgan fingerprint density at radius 3 is 2.78 bits per heavy atom. The summed E-state index contributed by atoms with van der Waals surface area (Å²) >= 11 is 6.13. The summed E-state index contributed by atoms with van der Waals surface area (Å²) in [6, 6.07) is 3.76. The molecule has 0 amide bonds. The highest BCUT2D eigenvalue weighted by molar-refractivity contribution is 6.31. The van der Waals surface area contributed by atoms with Crippen LogP contribution in [0.15, 0.2) is 18.5 Å². The van der Waals surface area contributed by atoms with Gasteiger partial charge in [0.2, 0.25) is 0 Å². The topological polar surface area (TPSA) is 53.1 Å². The van der Waals surface area contributed by atoms with Gasteiger partial charge in [0.25, 0.3) is 0 Å². The summed E-state index contributed by atoms with van der Waals surface area (Å²) < 4.78 is 7.40. The Labute approximate surface area is 111 Å². The van der Waals surface area contributed by atoms with Crippen molar-refractivity contribution >= 4 is 11.6 Å². The van der Waals surface area contributed by atoms with Crippen molar-refractivity contribution < 1.29 is 4.74 Å². The van der Waals surface area contributed by atoms with Crippen molar-refractivity contribution in [3.8, 4) is 17.0 Å². The summed E-state index contributed by atoms with van der Waals surface area (Å²) in [5, 5.41) is 0.674. The molecule has 0 saturated heterocycles. The van der Waals surface area contributed by atoms with Gasteiger partial charge in [-0.05, 0) is 24.6 Å². The fourth-order valence-corrected chi connectivity index (χ4v) is 2.42. The molecule has 0 aliphatic carbocycles. The van der Waals surface area contributed by atoms with Gasteiger partial charge in [-0.25, -0.2) is 4.98 Å². The Balaban J connectivity index is 2.73. The Hall–Kier alpha value is -1.52. The minimum atomic E-state index is 0.380. The number of aryl methyl sites for hydroxylation is 2. The molecule has 0 atom stereocenters. The maximum absolute atomic E-state index is 6.13. The van der Waals surface area contributed by atoms with Crippen molar-refractivity contribution in [3.05, 3.63) is 34.7 Å². The zero-order valence-corrected chi connectivity index (χ0v) is 11.5. The second-order valence-corrected chi connectivity index (χ2v) is 4.59. The lowest BCUT2D eigenvalue weighted by Crippen LogP contribution is -2.02. The minimum absolute atomic E-state index is 0.380. The minimum Gasteiger partial charge on any atom is -0.496 e. The zero-order chi connectivity index (χ0) is 13.3. The average Bonchev–Trinajstić information content (AvgIpc) is 2.69. The molecule has 0 saturated carbocycles. The van der Waals surface area contributed by atoms with Gasteiger partial charge in [0.15, 0.2) is 0 Å². The monoisotopic (exact) mass is 265 g/mol. The summed E-state index contributed by atoms with van der Waals surface area (Å²) in [4.78, 5) is 4.28. The van der Waals surface area contributed by atoms with E-state index in [9.17, 15) is 0 Å². The molecule has 2 aromatic rings. The summed E-state index contributed by atoms with van der Waals surface area (Å²) in [6.07, 6.45) is 1.74. The van der Waals surface area contributed by atoms with Crippen LogP contribution in [0.2, 0.25) is 5.02 Å². The van der Waals surface area contributed by atoms with E-state index < -0.39 is 0 Å². The van der Waals surface area contributed by atoms with Crippen LogP contribution in [0, 0.1) is 6.92 Å². The number of halogens is 1. The number of ether oxygens (including phenoxy) is 1. The van der Waals surface area contributed by atoms with Crippen LogP contribution >= 0.6 is 11.6 Å². The molecule has 18 heavy (non-hydrogen) atoms. The molecule has 5 heteroatoms. The van der Waals surface area contributed by atoms with Crippen molar-refractivity contribution in [2.75, 3.05) is 7.11 Å². The van der Waals surface area contributed by atoms with Gasteiger partial charge in [-0.15, -0.1) is 0 Å². The number of methoxy groups -OCH3 is 1. The molecule has 0 fully saturated rings. The quantitative estimate of drug-likeness (QED) is 0.928. The normalized spacial score (nSPS) is 10.7. The number of nitrogens with two attached hydrogens (primary N) is 1. The molecule has 0 aliphatic heterocycles. The molecule has 0 radical (unpaired) electrons. The van der Waals surface area contributed by atoms with E-state index in [1.165, 1.54) is 0 Å². The third kappa shape index (κ3) is 2.09. The molecule has 0 aliphatic rings. The van der Waals surface area contributed by atoms with Crippen molar-refractivity contribution in [2.24, 2.45) is 12.8 Å². The fraction of sp³-hybridized carbons (Fsp3) is 0.308. The number of hydrogen-bond donors (Lipinski definition) is 1. The van der Waals surface area contributed by atoms with E-state index in [2.05, 4.69) is 4.98 Å². The van der Waals surface area contributed by atoms with Crippen LogP contribution in [0.3, 0.4) is 0 Å². The predicted molar refractivity (Wildman–Crippen MR) is 72.8 cm³/mol. The van der Waals surface area contributed by atoms with Crippen molar-refractivity contribution in [1.82, 2.24) is 9.55 Å². The highest BCUT2D eigenvalue weighted by Gasteiger charge is 2.17. The number of aromatic nitrogens is 2. The van der Waals surface area contributed by atoms with Crippen molar-refractivity contribution in [3.63, 3.8) is 0 Å². The number of nitrogens with zero attached hydrogens (tertiary/aromatic N) is 2. The largest absolute Gasteiger partial charge is 0.496 e. The fourth-order valence-electron chi connectivity index (χ4n) is 2.15. The summed E-state index contributed by atoms with van der Waals surface area (Å²) in [5.41, 5.74) is 9.40. The standard InChI is InChI=1S/C13H16ClN3O/c1-8-4-9(14)5-10(13(8)18-3)12-11(6-15)16-7-17(12)2/h4-5,7H,6,15H2,1-3H3. The SMILES string of the molecule is COc1c(C)cc(Cl)cc1-c1c(CN)ncn1C. The molecule has 1 aromatic heterocycles. The molecule has 96 valence electrons. The zero-order valence-electron chi connectivity index (χ0n) is 10.7. The van der Waals surface area contributed by atoms with Gasteiger partial charge < -0.3 is 15.0 Å². The Morgan fingerprint density at radius 1 is 1.44 bits per heavy atom. The molecule has 2 N–H and O–H groups in total. The van der Waals surface area contributed by atoms with Gasteiger partial charge in [-0.3, -0.25) is 0 Å². The highest BCUT2D eigenvalue weighted by Crippen LogP contribution is 2.36. The molecule has 4 nitrogen and oxygen atoms in total. The van der Waals surface area contributed by atoms with E-state index in [4.69, 9.17) is 22.1 Å². The van der Waals surface area contributed by atoms with E-state index in [1.54, 1.807) is 13.4 Å².